The molecule has 74 valence electrons. The smallest absolute Gasteiger partial charge is 0.121 e. The van der Waals surface area contributed by atoms with Crippen LogP contribution in [0.2, 0.25) is 0 Å². The molecule has 0 bridgehead atoms. The molecular weight excluding hydrogens is 242 g/mol. The monoisotopic (exact) mass is 253 g/mol. The summed E-state index contributed by atoms with van der Waals surface area (Å²) in [6.45, 7) is 3.93. The Bertz CT molecular complexity index is 355. The van der Waals surface area contributed by atoms with E-state index in [1.54, 1.807) is 6.07 Å². The third kappa shape index (κ3) is 3.04. The van der Waals surface area contributed by atoms with Crippen LogP contribution in [0.5, 0.6) is 5.75 Å². The number of ether oxygens (including phenoxy) is 1. The second-order valence-corrected chi connectivity index (χ2v) is 3.84. The van der Waals surface area contributed by atoms with Gasteiger partial charge in [0, 0.05) is 5.33 Å². The number of nitrogens with zero attached hydrogens (tertiary/aromatic N) is 1. The topological polar surface area (TPSA) is 33.0 Å². The lowest BCUT2D eigenvalue weighted by molar-refractivity contribution is 0.242. The molecule has 3 heteroatoms. The van der Waals surface area contributed by atoms with Crippen molar-refractivity contribution < 1.29 is 4.74 Å². The summed E-state index contributed by atoms with van der Waals surface area (Å²) in [6, 6.07) is 7.66. The Morgan fingerprint density at radius 2 is 2.14 bits per heavy atom. The van der Waals surface area contributed by atoms with Crippen molar-refractivity contribution >= 4 is 15.9 Å². The molecule has 0 heterocycles. The zero-order chi connectivity index (χ0) is 10.6. The molecule has 0 atom stereocenters. The lowest BCUT2D eigenvalue weighted by Gasteiger charge is -2.10. The summed E-state index contributed by atoms with van der Waals surface area (Å²) in [7, 11) is 0. The van der Waals surface area contributed by atoms with Crippen molar-refractivity contribution in [2.45, 2.75) is 25.3 Å². The Balaban J connectivity index is 3.00. The Morgan fingerprint density at radius 3 is 2.64 bits per heavy atom. The molecular formula is C11H12BrNO. The van der Waals surface area contributed by atoms with Gasteiger partial charge in [-0.05, 0) is 37.6 Å². The number of alkyl halides is 1. The van der Waals surface area contributed by atoms with Gasteiger partial charge < -0.3 is 4.74 Å². The van der Waals surface area contributed by atoms with Gasteiger partial charge in [-0.1, -0.05) is 15.9 Å². The fourth-order valence-electron chi connectivity index (χ4n) is 1.14. The molecule has 0 aliphatic carbocycles. The number of rotatable bonds is 3. The molecule has 0 saturated heterocycles. The summed E-state index contributed by atoms with van der Waals surface area (Å²) in [5, 5.41) is 9.53. The van der Waals surface area contributed by atoms with E-state index in [9.17, 15) is 0 Å². The van der Waals surface area contributed by atoms with Crippen LogP contribution in [0.3, 0.4) is 0 Å². The highest BCUT2D eigenvalue weighted by Gasteiger charge is 2.02. The predicted molar refractivity (Wildman–Crippen MR) is 59.6 cm³/mol. The number of hydrogen-bond acceptors (Lipinski definition) is 2. The van der Waals surface area contributed by atoms with Gasteiger partial charge in [0.1, 0.15) is 5.75 Å². The number of hydrogen-bond donors (Lipinski definition) is 0. The van der Waals surface area contributed by atoms with E-state index in [2.05, 4.69) is 22.0 Å². The predicted octanol–water partition coefficient (Wildman–Crippen LogP) is 3.24. The Kier molecular flexibility index (Phi) is 3.97. The van der Waals surface area contributed by atoms with Gasteiger partial charge in [0.25, 0.3) is 0 Å². The first-order valence-electron chi connectivity index (χ1n) is 4.42. The maximum atomic E-state index is 8.80. The van der Waals surface area contributed by atoms with Gasteiger partial charge in [-0.15, -0.1) is 0 Å². The van der Waals surface area contributed by atoms with Crippen LogP contribution < -0.4 is 4.74 Å². The van der Waals surface area contributed by atoms with Crippen LogP contribution in [0, 0.1) is 11.3 Å². The Labute approximate surface area is 92.6 Å². The first-order chi connectivity index (χ1) is 6.65. The average molecular weight is 254 g/mol. The summed E-state index contributed by atoms with van der Waals surface area (Å²) in [4.78, 5) is 0. The van der Waals surface area contributed by atoms with Crippen LogP contribution in [0.1, 0.15) is 25.0 Å². The van der Waals surface area contributed by atoms with Crippen molar-refractivity contribution in [2.75, 3.05) is 0 Å². The second-order valence-electron chi connectivity index (χ2n) is 3.28. The Hall–Kier alpha value is -1.01. The van der Waals surface area contributed by atoms with Gasteiger partial charge in [0.15, 0.2) is 0 Å². The Morgan fingerprint density at radius 1 is 1.43 bits per heavy atom. The molecule has 0 fully saturated rings. The van der Waals surface area contributed by atoms with E-state index in [1.165, 1.54) is 0 Å². The van der Waals surface area contributed by atoms with Crippen molar-refractivity contribution in [3.63, 3.8) is 0 Å². The molecule has 0 N–H and O–H groups in total. The number of nitriles is 1. The quantitative estimate of drug-likeness (QED) is 0.776. The van der Waals surface area contributed by atoms with E-state index in [0.29, 0.717) is 5.56 Å². The van der Waals surface area contributed by atoms with Crippen LogP contribution in [0.15, 0.2) is 18.2 Å². The minimum absolute atomic E-state index is 0.132. The SMILES string of the molecule is CC(C)Oc1cc(C#N)cc(CBr)c1. The molecule has 0 aliphatic rings. The van der Waals surface area contributed by atoms with Crippen LogP contribution in [-0.4, -0.2) is 6.10 Å². The van der Waals surface area contributed by atoms with Gasteiger partial charge in [-0.25, -0.2) is 0 Å². The zero-order valence-corrected chi connectivity index (χ0v) is 9.84. The minimum Gasteiger partial charge on any atom is -0.491 e. The molecule has 0 amide bonds. The number of benzene rings is 1. The molecule has 14 heavy (non-hydrogen) atoms. The fourth-order valence-corrected chi connectivity index (χ4v) is 1.47. The standard InChI is InChI=1S/C11H12BrNO/c1-8(2)14-11-4-9(6-12)3-10(5-11)7-13/h3-5,8H,6H2,1-2H3. The summed E-state index contributed by atoms with van der Waals surface area (Å²) < 4.78 is 5.53. The summed E-state index contributed by atoms with van der Waals surface area (Å²) in [6.07, 6.45) is 0.132. The van der Waals surface area contributed by atoms with Gasteiger partial charge in [-0.3, -0.25) is 0 Å². The molecule has 2 nitrogen and oxygen atoms in total. The van der Waals surface area contributed by atoms with E-state index in [1.807, 2.05) is 26.0 Å². The minimum atomic E-state index is 0.132. The van der Waals surface area contributed by atoms with Gasteiger partial charge in [0.2, 0.25) is 0 Å². The lowest BCUT2D eigenvalue weighted by atomic mass is 10.1. The van der Waals surface area contributed by atoms with E-state index in [-0.39, 0.29) is 6.10 Å². The highest BCUT2D eigenvalue weighted by atomic mass is 79.9. The van der Waals surface area contributed by atoms with Gasteiger partial charge in [-0.2, -0.15) is 5.26 Å². The van der Waals surface area contributed by atoms with Crippen LogP contribution >= 0.6 is 15.9 Å². The summed E-state index contributed by atoms with van der Waals surface area (Å²) in [5.74, 6) is 0.758. The van der Waals surface area contributed by atoms with E-state index >= 15 is 0 Å². The normalized spacial score (nSPS) is 9.93. The van der Waals surface area contributed by atoms with Gasteiger partial charge in [0.05, 0.1) is 17.7 Å². The molecule has 0 aromatic heterocycles. The van der Waals surface area contributed by atoms with Crippen LogP contribution in [-0.2, 0) is 5.33 Å². The molecule has 1 rings (SSSR count). The van der Waals surface area contributed by atoms with Crippen molar-refractivity contribution in [3.8, 4) is 11.8 Å². The van der Waals surface area contributed by atoms with Crippen molar-refractivity contribution in [1.29, 1.82) is 5.26 Å². The number of halogens is 1. The maximum Gasteiger partial charge on any atom is 0.121 e. The van der Waals surface area contributed by atoms with E-state index < -0.39 is 0 Å². The van der Waals surface area contributed by atoms with E-state index in [0.717, 1.165) is 16.6 Å². The molecule has 0 unspecified atom stereocenters. The molecule has 0 radical (unpaired) electrons. The molecule has 1 aromatic rings. The van der Waals surface area contributed by atoms with Crippen molar-refractivity contribution in [3.05, 3.63) is 29.3 Å². The summed E-state index contributed by atoms with van der Waals surface area (Å²) in [5.41, 5.74) is 1.69. The van der Waals surface area contributed by atoms with Crippen LogP contribution in [0.4, 0.5) is 0 Å². The summed E-state index contributed by atoms with van der Waals surface area (Å²) >= 11 is 3.36. The maximum absolute atomic E-state index is 8.80. The van der Waals surface area contributed by atoms with Crippen molar-refractivity contribution in [2.24, 2.45) is 0 Å². The highest BCUT2D eigenvalue weighted by molar-refractivity contribution is 9.08. The average Bonchev–Trinajstić information content (AvgIpc) is 2.16. The van der Waals surface area contributed by atoms with Crippen molar-refractivity contribution in [1.82, 2.24) is 0 Å². The highest BCUT2D eigenvalue weighted by Crippen LogP contribution is 2.19. The van der Waals surface area contributed by atoms with Gasteiger partial charge >= 0.3 is 0 Å². The molecule has 0 saturated carbocycles. The molecule has 0 aliphatic heterocycles. The van der Waals surface area contributed by atoms with Crippen LogP contribution in [0.25, 0.3) is 0 Å². The molecule has 0 spiro atoms. The first kappa shape index (κ1) is 11.1. The third-order valence-corrected chi connectivity index (χ3v) is 2.27. The first-order valence-corrected chi connectivity index (χ1v) is 5.54. The molecule has 1 aromatic carbocycles. The second kappa shape index (κ2) is 5.02. The largest absolute Gasteiger partial charge is 0.491 e. The zero-order valence-electron chi connectivity index (χ0n) is 8.25. The lowest BCUT2D eigenvalue weighted by Crippen LogP contribution is -2.05. The fraction of sp³-hybridized carbons (Fsp3) is 0.364. The van der Waals surface area contributed by atoms with E-state index in [4.69, 9.17) is 10.00 Å². The third-order valence-electron chi connectivity index (χ3n) is 1.62.